The smallest absolute Gasteiger partial charge is 0.272 e. The Morgan fingerprint density at radius 1 is 0.946 bits per heavy atom. The van der Waals surface area contributed by atoms with E-state index in [9.17, 15) is 4.79 Å². The molecule has 5 rings (SSSR count). The number of benzene rings is 3. The van der Waals surface area contributed by atoms with E-state index in [2.05, 4.69) is 52.4 Å². The van der Waals surface area contributed by atoms with Gasteiger partial charge in [-0.05, 0) is 48.7 Å². The van der Waals surface area contributed by atoms with Crippen LogP contribution in [0.2, 0.25) is 0 Å². The Labute approximate surface area is 215 Å². The van der Waals surface area contributed by atoms with Gasteiger partial charge in [0.05, 0.1) is 30.2 Å². The van der Waals surface area contributed by atoms with Crippen LogP contribution in [-0.4, -0.2) is 37.1 Å². The van der Waals surface area contributed by atoms with Crippen molar-refractivity contribution in [3.05, 3.63) is 125 Å². The lowest BCUT2D eigenvalue weighted by atomic mass is 10.1. The van der Waals surface area contributed by atoms with Gasteiger partial charge in [0, 0.05) is 11.9 Å². The molecule has 3 aromatic carbocycles. The zero-order chi connectivity index (χ0) is 25.6. The average Bonchev–Trinajstić information content (AvgIpc) is 3.38. The van der Waals surface area contributed by atoms with Crippen molar-refractivity contribution >= 4 is 16.8 Å². The van der Waals surface area contributed by atoms with Crippen molar-refractivity contribution in [1.29, 1.82) is 5.26 Å². The third-order valence-corrected chi connectivity index (χ3v) is 6.36. The number of amides is 1. The quantitative estimate of drug-likeness (QED) is 0.310. The van der Waals surface area contributed by atoms with E-state index in [0.29, 0.717) is 43.1 Å². The molecule has 0 aliphatic rings. The zero-order valence-electron chi connectivity index (χ0n) is 20.6. The summed E-state index contributed by atoms with van der Waals surface area (Å²) in [5, 5.41) is 18.5. The second-order valence-electron chi connectivity index (χ2n) is 9.04. The SMILES string of the molecule is Cc1ccc(CCN(Cc2nncn2Cc2ccc(C#N)cc2)C(=O)c2ccc3ccccc3n2)cc1. The summed E-state index contributed by atoms with van der Waals surface area (Å²) < 4.78 is 1.93. The van der Waals surface area contributed by atoms with E-state index in [4.69, 9.17) is 5.26 Å². The molecule has 0 bridgehead atoms. The molecule has 7 heteroatoms. The molecule has 1 amide bonds. The van der Waals surface area contributed by atoms with E-state index in [1.54, 1.807) is 29.4 Å². The van der Waals surface area contributed by atoms with Crippen molar-refractivity contribution in [2.45, 2.75) is 26.4 Å². The summed E-state index contributed by atoms with van der Waals surface area (Å²) in [6, 6.07) is 29.4. The van der Waals surface area contributed by atoms with Crippen molar-refractivity contribution < 1.29 is 4.79 Å². The van der Waals surface area contributed by atoms with Gasteiger partial charge in [0.2, 0.25) is 0 Å². The third kappa shape index (κ3) is 5.71. The Bertz CT molecular complexity index is 1560. The van der Waals surface area contributed by atoms with E-state index in [0.717, 1.165) is 22.0 Å². The van der Waals surface area contributed by atoms with Crippen molar-refractivity contribution in [2.24, 2.45) is 0 Å². The molecule has 0 atom stereocenters. The number of aryl methyl sites for hydroxylation is 1. The molecule has 182 valence electrons. The lowest BCUT2D eigenvalue weighted by molar-refractivity contribution is 0.0733. The number of hydrogen-bond donors (Lipinski definition) is 0. The first kappa shape index (κ1) is 23.9. The standard InChI is InChI=1S/C30H26N6O/c1-22-6-8-23(9-7-22)16-17-35(30(37)28-15-14-26-4-2-3-5-27(26)33-28)20-29-34-32-21-36(29)19-25-12-10-24(18-31)11-13-25/h2-15,21H,16-17,19-20H2,1H3. The van der Waals surface area contributed by atoms with Crippen LogP contribution in [0.25, 0.3) is 10.9 Å². The first-order valence-electron chi connectivity index (χ1n) is 12.2. The Morgan fingerprint density at radius 3 is 2.49 bits per heavy atom. The minimum absolute atomic E-state index is 0.147. The molecule has 0 saturated carbocycles. The maximum atomic E-state index is 13.7. The van der Waals surface area contributed by atoms with Crippen LogP contribution in [0.5, 0.6) is 0 Å². The number of pyridine rings is 1. The minimum Gasteiger partial charge on any atom is -0.329 e. The first-order chi connectivity index (χ1) is 18.1. The molecule has 0 unspecified atom stereocenters. The highest BCUT2D eigenvalue weighted by molar-refractivity contribution is 5.94. The highest BCUT2D eigenvalue weighted by Gasteiger charge is 2.20. The number of fused-ring (bicyclic) bond motifs is 1. The molecule has 2 heterocycles. The van der Waals surface area contributed by atoms with Crippen molar-refractivity contribution in [2.75, 3.05) is 6.54 Å². The van der Waals surface area contributed by atoms with Crippen LogP contribution in [-0.2, 0) is 19.5 Å². The van der Waals surface area contributed by atoms with Gasteiger partial charge in [0.15, 0.2) is 5.82 Å². The van der Waals surface area contributed by atoms with E-state index in [1.165, 1.54) is 5.56 Å². The Balaban J connectivity index is 1.40. The number of nitriles is 1. The molecular formula is C30H26N6O. The van der Waals surface area contributed by atoms with Crippen LogP contribution in [0.1, 0.15) is 38.6 Å². The molecular weight excluding hydrogens is 460 g/mol. The molecule has 0 aliphatic carbocycles. The summed E-state index contributed by atoms with van der Waals surface area (Å²) in [7, 11) is 0. The van der Waals surface area contributed by atoms with Gasteiger partial charge in [-0.2, -0.15) is 5.26 Å². The van der Waals surface area contributed by atoms with Gasteiger partial charge >= 0.3 is 0 Å². The number of rotatable bonds is 8. The molecule has 0 aliphatic heterocycles. The van der Waals surface area contributed by atoms with Crippen molar-refractivity contribution in [3.63, 3.8) is 0 Å². The fourth-order valence-electron chi connectivity index (χ4n) is 4.20. The fraction of sp³-hybridized carbons (Fsp3) is 0.167. The molecule has 0 spiro atoms. The summed E-state index contributed by atoms with van der Waals surface area (Å²) in [5.41, 5.74) is 5.19. The third-order valence-electron chi connectivity index (χ3n) is 6.36. The molecule has 0 N–H and O–H groups in total. The molecule has 2 aromatic heterocycles. The van der Waals surface area contributed by atoms with Gasteiger partial charge in [-0.25, -0.2) is 4.98 Å². The van der Waals surface area contributed by atoms with Crippen LogP contribution in [0.3, 0.4) is 0 Å². The van der Waals surface area contributed by atoms with E-state index in [1.807, 2.05) is 47.0 Å². The highest BCUT2D eigenvalue weighted by Crippen LogP contribution is 2.16. The first-order valence-corrected chi connectivity index (χ1v) is 12.2. The van der Waals surface area contributed by atoms with E-state index < -0.39 is 0 Å². The van der Waals surface area contributed by atoms with Crippen LogP contribution in [0, 0.1) is 18.3 Å². The zero-order valence-corrected chi connectivity index (χ0v) is 20.6. The van der Waals surface area contributed by atoms with Gasteiger partial charge in [-0.15, -0.1) is 10.2 Å². The molecule has 7 nitrogen and oxygen atoms in total. The Kier molecular flexibility index (Phi) is 7.00. The fourth-order valence-corrected chi connectivity index (χ4v) is 4.20. The molecule has 0 fully saturated rings. The van der Waals surface area contributed by atoms with Gasteiger partial charge in [0.25, 0.3) is 5.91 Å². The second-order valence-corrected chi connectivity index (χ2v) is 9.04. The Hall–Kier alpha value is -4.83. The maximum absolute atomic E-state index is 13.7. The van der Waals surface area contributed by atoms with Crippen LogP contribution >= 0.6 is 0 Å². The molecule has 0 radical (unpaired) electrons. The van der Waals surface area contributed by atoms with Gasteiger partial charge in [-0.3, -0.25) is 4.79 Å². The number of para-hydroxylation sites is 1. The average molecular weight is 487 g/mol. The largest absolute Gasteiger partial charge is 0.329 e. The van der Waals surface area contributed by atoms with Crippen LogP contribution in [0.15, 0.2) is 91.3 Å². The Morgan fingerprint density at radius 2 is 1.70 bits per heavy atom. The maximum Gasteiger partial charge on any atom is 0.272 e. The van der Waals surface area contributed by atoms with E-state index in [-0.39, 0.29) is 5.91 Å². The summed E-state index contributed by atoms with van der Waals surface area (Å²) >= 11 is 0. The normalized spacial score (nSPS) is 10.8. The van der Waals surface area contributed by atoms with Gasteiger partial charge in [-0.1, -0.05) is 66.2 Å². The molecule has 0 saturated heterocycles. The second kappa shape index (κ2) is 10.8. The number of hydrogen-bond acceptors (Lipinski definition) is 5. The summed E-state index contributed by atoms with van der Waals surface area (Å²) in [6.45, 7) is 3.42. The number of aromatic nitrogens is 4. The van der Waals surface area contributed by atoms with Crippen LogP contribution < -0.4 is 0 Å². The molecule has 5 aromatic rings. The summed E-state index contributed by atoms with van der Waals surface area (Å²) in [4.78, 5) is 20.1. The lowest BCUT2D eigenvalue weighted by Gasteiger charge is -2.22. The van der Waals surface area contributed by atoms with E-state index >= 15 is 0 Å². The number of nitrogens with zero attached hydrogens (tertiary/aromatic N) is 6. The monoisotopic (exact) mass is 486 g/mol. The summed E-state index contributed by atoms with van der Waals surface area (Å²) in [6.07, 6.45) is 2.38. The predicted molar refractivity (Wildman–Crippen MR) is 142 cm³/mol. The van der Waals surface area contributed by atoms with Crippen molar-refractivity contribution in [3.8, 4) is 6.07 Å². The van der Waals surface area contributed by atoms with Crippen molar-refractivity contribution in [1.82, 2.24) is 24.6 Å². The molecule has 37 heavy (non-hydrogen) atoms. The van der Waals surface area contributed by atoms with Crippen LogP contribution in [0.4, 0.5) is 0 Å². The summed E-state index contributed by atoms with van der Waals surface area (Å²) in [5.74, 6) is 0.535. The lowest BCUT2D eigenvalue weighted by Crippen LogP contribution is -2.34. The topological polar surface area (TPSA) is 87.7 Å². The van der Waals surface area contributed by atoms with Gasteiger partial charge < -0.3 is 9.47 Å². The number of carbonyl (C=O) groups excluding carboxylic acids is 1. The van der Waals surface area contributed by atoms with Gasteiger partial charge in [0.1, 0.15) is 12.0 Å². The number of carbonyl (C=O) groups is 1. The minimum atomic E-state index is -0.147. The predicted octanol–water partition coefficient (Wildman–Crippen LogP) is 4.94. The highest BCUT2D eigenvalue weighted by atomic mass is 16.2.